The molecule has 0 radical (unpaired) electrons. The molecule has 1 N–H and O–H groups in total. The summed E-state index contributed by atoms with van der Waals surface area (Å²) in [4.78, 5) is 24.6. The topological polar surface area (TPSA) is 128 Å². The number of carbonyl (C=O) groups is 1. The molecular weight excluding hydrogens is 474 g/mol. The minimum Gasteiger partial charge on any atom is -0.444 e. The molecule has 1 heterocycles. The number of sulfonamides is 1. The number of carbonyl (C=O) groups excluding carboxylic acids is 1. The number of benzene rings is 2. The van der Waals surface area contributed by atoms with Gasteiger partial charge in [0.15, 0.2) is 6.23 Å². The molecule has 2 aromatic carbocycles. The van der Waals surface area contributed by atoms with Gasteiger partial charge < -0.3 is 9.47 Å². The van der Waals surface area contributed by atoms with E-state index in [1.165, 1.54) is 4.90 Å². The van der Waals surface area contributed by atoms with Gasteiger partial charge in [-0.15, -0.1) is 0 Å². The van der Waals surface area contributed by atoms with E-state index in [0.717, 1.165) is 29.8 Å². The minimum atomic E-state index is -4.04. The minimum absolute atomic E-state index is 0.0496. The average Bonchev–Trinajstić information content (AvgIpc) is 2.79. The van der Waals surface area contributed by atoms with E-state index < -0.39 is 45.0 Å². The first-order valence-corrected chi connectivity index (χ1v) is 12.5. The molecule has 0 saturated heterocycles. The number of amides is 1. The lowest BCUT2D eigenvalue weighted by Gasteiger charge is -2.42. The Bertz CT molecular complexity index is 1180. The Morgan fingerprint density at radius 2 is 1.71 bits per heavy atom. The molecule has 0 spiro atoms. The van der Waals surface area contributed by atoms with Crippen molar-refractivity contribution in [2.45, 2.75) is 63.1 Å². The van der Waals surface area contributed by atoms with Crippen LogP contribution in [0.15, 0.2) is 71.6 Å². The summed E-state index contributed by atoms with van der Waals surface area (Å²) in [5.41, 5.74) is 0.00628. The van der Waals surface area contributed by atoms with E-state index in [2.05, 4.69) is 4.72 Å². The Balaban J connectivity index is 1.81. The molecule has 3 atom stereocenters. The Hall–Kier alpha value is -3.28. The number of nitro benzene ring substituents is 1. The smallest absolute Gasteiger partial charge is 0.412 e. The number of ether oxygens (including phenoxy) is 2. The summed E-state index contributed by atoms with van der Waals surface area (Å²) in [6, 6.07) is 12.3. The van der Waals surface area contributed by atoms with E-state index in [0.29, 0.717) is 0 Å². The van der Waals surface area contributed by atoms with Crippen LogP contribution in [0.4, 0.5) is 10.5 Å². The summed E-state index contributed by atoms with van der Waals surface area (Å²) in [6.07, 6.45) is 1.82. The van der Waals surface area contributed by atoms with E-state index in [4.69, 9.17) is 9.47 Å². The second-order valence-corrected chi connectivity index (χ2v) is 10.8. The first-order chi connectivity index (χ1) is 16.4. The molecule has 11 heteroatoms. The second-order valence-electron chi connectivity index (χ2n) is 9.09. The Kier molecular flexibility index (Phi) is 7.93. The van der Waals surface area contributed by atoms with E-state index in [-0.39, 0.29) is 17.2 Å². The molecule has 188 valence electrons. The van der Waals surface area contributed by atoms with Gasteiger partial charge in [-0.2, -0.15) is 0 Å². The number of hydrogen-bond acceptors (Lipinski definition) is 7. The van der Waals surface area contributed by atoms with Gasteiger partial charge in [-0.3, -0.25) is 15.0 Å². The molecule has 1 amide bonds. The first-order valence-electron chi connectivity index (χ1n) is 11.0. The van der Waals surface area contributed by atoms with Crippen molar-refractivity contribution < 1.29 is 27.6 Å². The molecule has 0 fully saturated rings. The third kappa shape index (κ3) is 6.87. The van der Waals surface area contributed by atoms with E-state index in [1.54, 1.807) is 19.1 Å². The van der Waals surface area contributed by atoms with Gasteiger partial charge in [0.1, 0.15) is 6.61 Å². The van der Waals surface area contributed by atoms with Crippen LogP contribution in [-0.2, 0) is 26.1 Å². The summed E-state index contributed by atoms with van der Waals surface area (Å²) in [6.45, 7) is 7.29. The number of hydrogen-bond donors (Lipinski definition) is 1. The van der Waals surface area contributed by atoms with Crippen molar-refractivity contribution in [3.63, 3.8) is 0 Å². The van der Waals surface area contributed by atoms with Crippen LogP contribution in [0, 0.1) is 10.1 Å². The quantitative estimate of drug-likeness (QED) is 0.344. The van der Waals surface area contributed by atoms with Gasteiger partial charge in [0, 0.05) is 12.1 Å². The van der Waals surface area contributed by atoms with Crippen LogP contribution < -0.4 is 4.72 Å². The molecule has 0 unspecified atom stereocenters. The molecule has 2 aromatic rings. The highest BCUT2D eigenvalue weighted by atomic mass is 32.2. The van der Waals surface area contributed by atoms with E-state index in [1.807, 2.05) is 51.1 Å². The highest BCUT2D eigenvalue weighted by Crippen LogP contribution is 2.26. The summed E-state index contributed by atoms with van der Waals surface area (Å²) in [5, 5.41) is 10.9. The highest BCUT2D eigenvalue weighted by Gasteiger charge is 2.39. The summed E-state index contributed by atoms with van der Waals surface area (Å²) in [5.74, 6) is 0. The number of non-ortho nitro benzene ring substituents is 1. The van der Waals surface area contributed by atoms with Crippen molar-refractivity contribution in [1.82, 2.24) is 9.62 Å². The van der Waals surface area contributed by atoms with Crippen LogP contribution in [0.5, 0.6) is 0 Å². The van der Waals surface area contributed by atoms with Gasteiger partial charge in [-0.1, -0.05) is 36.4 Å². The maximum absolute atomic E-state index is 13.1. The van der Waals surface area contributed by atoms with E-state index in [9.17, 15) is 23.3 Å². The van der Waals surface area contributed by atoms with Crippen LogP contribution in [-0.4, -0.2) is 48.2 Å². The molecule has 0 aromatic heterocycles. The Morgan fingerprint density at radius 3 is 2.29 bits per heavy atom. The SMILES string of the molecule is C[C@@H]1[C@H](NS(=O)(=O)c2ccc([N+](=O)[O-])cc2)C=C[C@H](OC(C)(C)C)N1C(=O)OCc1ccccc1. The molecule has 3 rings (SSSR count). The molecule has 10 nitrogen and oxygen atoms in total. The molecule has 35 heavy (non-hydrogen) atoms. The Morgan fingerprint density at radius 1 is 1.09 bits per heavy atom. The number of nitrogens with one attached hydrogen (secondary N) is 1. The Labute approximate surface area is 204 Å². The van der Waals surface area contributed by atoms with Gasteiger partial charge in [0.2, 0.25) is 10.0 Å². The van der Waals surface area contributed by atoms with Crippen LogP contribution in [0.3, 0.4) is 0 Å². The highest BCUT2D eigenvalue weighted by molar-refractivity contribution is 7.89. The third-order valence-electron chi connectivity index (χ3n) is 5.26. The zero-order chi connectivity index (χ0) is 25.8. The monoisotopic (exact) mass is 503 g/mol. The number of nitrogens with zero attached hydrogens (tertiary/aromatic N) is 2. The van der Waals surface area contributed by atoms with Gasteiger partial charge in [-0.25, -0.2) is 17.9 Å². The molecule has 0 aliphatic carbocycles. The van der Waals surface area contributed by atoms with Crippen molar-refractivity contribution in [2.75, 3.05) is 0 Å². The molecular formula is C24H29N3O7S. The lowest BCUT2D eigenvalue weighted by atomic mass is 10.0. The van der Waals surface area contributed by atoms with Crippen LogP contribution in [0.2, 0.25) is 0 Å². The zero-order valence-corrected chi connectivity index (χ0v) is 20.8. The number of rotatable bonds is 7. The van der Waals surface area contributed by atoms with Crippen molar-refractivity contribution in [1.29, 1.82) is 0 Å². The van der Waals surface area contributed by atoms with Gasteiger partial charge >= 0.3 is 6.09 Å². The summed E-state index contributed by atoms with van der Waals surface area (Å²) < 4.78 is 40.0. The van der Waals surface area contributed by atoms with Crippen molar-refractivity contribution in [3.05, 3.63) is 82.4 Å². The van der Waals surface area contributed by atoms with Crippen molar-refractivity contribution >= 4 is 21.8 Å². The van der Waals surface area contributed by atoms with Crippen LogP contribution in [0.25, 0.3) is 0 Å². The molecule has 1 aliphatic rings. The van der Waals surface area contributed by atoms with Crippen LogP contribution in [0.1, 0.15) is 33.3 Å². The van der Waals surface area contributed by atoms with Gasteiger partial charge in [-0.05, 0) is 51.5 Å². The number of nitro groups is 1. The van der Waals surface area contributed by atoms with Crippen molar-refractivity contribution in [2.24, 2.45) is 0 Å². The first kappa shape index (κ1) is 26.3. The predicted molar refractivity (Wildman–Crippen MR) is 129 cm³/mol. The largest absolute Gasteiger partial charge is 0.444 e. The van der Waals surface area contributed by atoms with E-state index >= 15 is 0 Å². The van der Waals surface area contributed by atoms with Crippen LogP contribution >= 0.6 is 0 Å². The standard InChI is InChI=1S/C24H29N3O7S/c1-17-21(25-35(31,32)20-12-10-19(11-13-20)27(29)30)14-15-22(34-24(2,3)4)26(17)23(28)33-16-18-8-6-5-7-9-18/h5-15,17,21-22,25H,16H2,1-4H3/t17-,21-,22+/m1/s1. The lowest BCUT2D eigenvalue weighted by molar-refractivity contribution is -0.384. The third-order valence-corrected chi connectivity index (χ3v) is 6.73. The van der Waals surface area contributed by atoms with Crippen molar-refractivity contribution in [3.8, 4) is 0 Å². The van der Waals surface area contributed by atoms with Gasteiger partial charge in [0.05, 0.1) is 27.5 Å². The average molecular weight is 504 g/mol. The summed E-state index contributed by atoms with van der Waals surface area (Å²) in [7, 11) is -4.04. The second kappa shape index (κ2) is 10.5. The lowest BCUT2D eigenvalue weighted by Crippen LogP contribution is -2.58. The fourth-order valence-electron chi connectivity index (χ4n) is 3.53. The normalized spacial score (nSPS) is 20.5. The fourth-order valence-corrected chi connectivity index (χ4v) is 4.79. The molecule has 0 bridgehead atoms. The maximum atomic E-state index is 13.1. The molecule has 1 aliphatic heterocycles. The maximum Gasteiger partial charge on any atom is 0.412 e. The zero-order valence-electron chi connectivity index (χ0n) is 20.0. The molecule has 0 saturated carbocycles. The predicted octanol–water partition coefficient (Wildman–Crippen LogP) is 3.98. The fraction of sp³-hybridized carbons (Fsp3) is 0.375. The van der Waals surface area contributed by atoms with Gasteiger partial charge in [0.25, 0.3) is 5.69 Å². The summed E-state index contributed by atoms with van der Waals surface area (Å²) >= 11 is 0.